The Morgan fingerprint density at radius 2 is 1.78 bits per heavy atom. The number of rotatable bonds is 14. The predicted octanol–water partition coefficient (Wildman–Crippen LogP) is 5.86. The molecule has 1 amide bonds. The van der Waals surface area contributed by atoms with E-state index in [1.54, 1.807) is 48.5 Å². The monoisotopic (exact) mass is 626 g/mol. The van der Waals surface area contributed by atoms with E-state index in [-0.39, 0.29) is 37.6 Å². The van der Waals surface area contributed by atoms with E-state index in [1.165, 1.54) is 0 Å². The standard InChI is InChI=1S/C34H32F2N6O4/c35-27-13-16-30(36)26(19-27)22-38-41-33(44)34(20-23-7-2-1-3-8-23)31(29-10-5-4-9-25(29)21-39-42-37)46-32(40-34)24-11-14-28(15-12-24)45-18-6-17-43/h1-5,7-16,19,31,38,43H,6,17-18,20-22H2,(H,41,44)/t31-,34-/m0/s1. The number of carbonyl (C=O) groups excluding carboxylic acids is 1. The van der Waals surface area contributed by atoms with Crippen molar-refractivity contribution in [3.05, 3.63) is 147 Å². The Morgan fingerprint density at radius 3 is 2.54 bits per heavy atom. The number of hydrazine groups is 1. The van der Waals surface area contributed by atoms with Crippen LogP contribution in [0.5, 0.6) is 5.75 Å². The summed E-state index contributed by atoms with van der Waals surface area (Å²) in [6.07, 6.45) is -0.367. The molecule has 0 aromatic heterocycles. The molecule has 0 radical (unpaired) electrons. The first kappa shape index (κ1) is 32.1. The molecule has 0 unspecified atom stereocenters. The number of aliphatic hydroxyl groups excluding tert-OH is 1. The van der Waals surface area contributed by atoms with E-state index in [4.69, 9.17) is 25.1 Å². The topological polar surface area (TPSA) is 141 Å². The van der Waals surface area contributed by atoms with E-state index in [9.17, 15) is 13.6 Å². The third kappa shape index (κ3) is 7.49. The highest BCUT2D eigenvalue weighted by molar-refractivity contribution is 6.01. The smallest absolute Gasteiger partial charge is 0.266 e. The minimum absolute atomic E-state index is 0.0158. The molecule has 2 atom stereocenters. The fourth-order valence-electron chi connectivity index (χ4n) is 5.21. The molecular weight excluding hydrogens is 594 g/mol. The minimum Gasteiger partial charge on any atom is -0.494 e. The molecule has 4 aromatic carbocycles. The average molecular weight is 627 g/mol. The van der Waals surface area contributed by atoms with Crippen LogP contribution in [0.3, 0.4) is 0 Å². The molecule has 236 valence electrons. The lowest BCUT2D eigenvalue weighted by Crippen LogP contribution is -2.53. The van der Waals surface area contributed by atoms with Crippen molar-refractivity contribution in [3.63, 3.8) is 0 Å². The molecule has 0 saturated heterocycles. The summed E-state index contributed by atoms with van der Waals surface area (Å²) in [5.41, 5.74) is 15.5. The van der Waals surface area contributed by atoms with Crippen LogP contribution in [0.1, 0.15) is 40.3 Å². The maximum Gasteiger partial charge on any atom is 0.266 e. The first-order chi connectivity index (χ1) is 22.4. The van der Waals surface area contributed by atoms with Gasteiger partial charge in [0.1, 0.15) is 17.4 Å². The third-order valence-corrected chi connectivity index (χ3v) is 7.48. The Bertz CT molecular complexity index is 1730. The van der Waals surface area contributed by atoms with Crippen molar-refractivity contribution < 1.29 is 28.2 Å². The number of carbonyl (C=O) groups is 1. The number of nitrogens with zero attached hydrogens (tertiary/aromatic N) is 4. The molecule has 1 heterocycles. The molecule has 46 heavy (non-hydrogen) atoms. The quantitative estimate of drug-likeness (QED) is 0.0529. The molecule has 0 fully saturated rings. The zero-order chi connectivity index (χ0) is 32.4. The highest BCUT2D eigenvalue weighted by Gasteiger charge is 2.53. The van der Waals surface area contributed by atoms with Crippen molar-refractivity contribution >= 4 is 11.8 Å². The van der Waals surface area contributed by atoms with Crippen molar-refractivity contribution in [2.75, 3.05) is 13.2 Å². The highest BCUT2D eigenvalue weighted by Crippen LogP contribution is 2.43. The second kappa shape index (κ2) is 15.1. The second-order valence-electron chi connectivity index (χ2n) is 10.6. The van der Waals surface area contributed by atoms with Gasteiger partial charge in [-0.15, -0.1) is 0 Å². The zero-order valence-corrected chi connectivity index (χ0v) is 24.8. The van der Waals surface area contributed by atoms with Crippen molar-refractivity contribution in [2.45, 2.75) is 37.6 Å². The van der Waals surface area contributed by atoms with Gasteiger partial charge >= 0.3 is 0 Å². The molecule has 1 aliphatic rings. The Balaban J connectivity index is 1.55. The first-order valence-electron chi connectivity index (χ1n) is 14.6. The van der Waals surface area contributed by atoms with Crippen molar-refractivity contribution in [1.82, 2.24) is 10.9 Å². The fraction of sp³-hybridized carbons (Fsp3) is 0.235. The molecule has 0 spiro atoms. The lowest BCUT2D eigenvalue weighted by molar-refractivity contribution is -0.130. The number of aliphatic hydroxyl groups is 1. The van der Waals surface area contributed by atoms with Crippen LogP contribution in [0.4, 0.5) is 8.78 Å². The normalized spacial score (nSPS) is 17.0. The lowest BCUT2D eigenvalue weighted by Gasteiger charge is -2.31. The number of aliphatic imine (C=N–C) groups is 1. The maximum absolute atomic E-state index is 14.3. The van der Waals surface area contributed by atoms with Crippen LogP contribution in [-0.4, -0.2) is 35.7 Å². The molecule has 1 aliphatic heterocycles. The van der Waals surface area contributed by atoms with Gasteiger partial charge in [-0.2, -0.15) is 0 Å². The Kier molecular flexibility index (Phi) is 10.6. The molecule has 3 N–H and O–H groups in total. The lowest BCUT2D eigenvalue weighted by atomic mass is 9.81. The maximum atomic E-state index is 14.3. The fourth-order valence-corrected chi connectivity index (χ4v) is 5.21. The third-order valence-electron chi connectivity index (χ3n) is 7.48. The van der Waals surface area contributed by atoms with Gasteiger partial charge in [0.15, 0.2) is 11.6 Å². The average Bonchev–Trinajstić information content (AvgIpc) is 3.46. The Hall–Kier alpha value is -5.29. The van der Waals surface area contributed by atoms with E-state index < -0.39 is 29.2 Å². The minimum atomic E-state index is -1.59. The summed E-state index contributed by atoms with van der Waals surface area (Å²) in [6, 6.07) is 26.6. The van der Waals surface area contributed by atoms with Crippen LogP contribution < -0.4 is 15.6 Å². The summed E-state index contributed by atoms with van der Waals surface area (Å²) in [5, 5.41) is 12.8. The number of hydrogen-bond acceptors (Lipinski definition) is 7. The number of halogens is 2. The summed E-state index contributed by atoms with van der Waals surface area (Å²) in [5.74, 6) is -1.01. The Morgan fingerprint density at radius 1 is 1.02 bits per heavy atom. The van der Waals surface area contributed by atoms with E-state index in [2.05, 4.69) is 20.9 Å². The van der Waals surface area contributed by atoms with Crippen molar-refractivity contribution in [1.29, 1.82) is 0 Å². The van der Waals surface area contributed by atoms with E-state index in [0.717, 1.165) is 23.8 Å². The predicted molar refractivity (Wildman–Crippen MR) is 168 cm³/mol. The Labute approximate surface area is 264 Å². The summed E-state index contributed by atoms with van der Waals surface area (Å²) < 4.78 is 40.3. The second-order valence-corrected chi connectivity index (χ2v) is 10.6. The van der Waals surface area contributed by atoms with Gasteiger partial charge in [0.2, 0.25) is 5.90 Å². The van der Waals surface area contributed by atoms with Gasteiger partial charge < -0.3 is 14.6 Å². The molecule has 0 saturated carbocycles. The van der Waals surface area contributed by atoms with Gasteiger partial charge in [0.25, 0.3) is 5.91 Å². The van der Waals surface area contributed by atoms with Crippen LogP contribution in [0, 0.1) is 11.6 Å². The van der Waals surface area contributed by atoms with E-state index >= 15 is 0 Å². The number of azide groups is 1. The largest absolute Gasteiger partial charge is 0.494 e. The van der Waals surface area contributed by atoms with Gasteiger partial charge in [0, 0.05) is 42.0 Å². The number of amides is 1. The van der Waals surface area contributed by atoms with Crippen molar-refractivity contribution in [3.8, 4) is 5.75 Å². The van der Waals surface area contributed by atoms with Crippen LogP contribution in [0.2, 0.25) is 0 Å². The molecule has 4 aromatic rings. The first-order valence-corrected chi connectivity index (χ1v) is 14.6. The van der Waals surface area contributed by atoms with Crippen LogP contribution in [0.25, 0.3) is 10.4 Å². The van der Waals surface area contributed by atoms with Gasteiger partial charge in [-0.25, -0.2) is 19.2 Å². The number of nitrogens with one attached hydrogen (secondary N) is 2. The SMILES string of the molecule is [N-]=[N+]=NCc1ccccc1[C@@H]1OC(c2ccc(OCCCO)cc2)=N[C@]1(Cc1ccccc1)C(=O)NNCc1cc(F)ccc1F. The molecule has 10 nitrogen and oxygen atoms in total. The molecule has 0 aliphatic carbocycles. The molecular formula is C34H32F2N6O4. The van der Waals surface area contributed by atoms with Crippen LogP contribution >= 0.6 is 0 Å². The number of ether oxygens (including phenoxy) is 2. The van der Waals surface area contributed by atoms with E-state index in [1.807, 2.05) is 30.3 Å². The van der Waals surface area contributed by atoms with Gasteiger partial charge in [-0.3, -0.25) is 10.2 Å². The van der Waals surface area contributed by atoms with Crippen LogP contribution in [0.15, 0.2) is 107 Å². The van der Waals surface area contributed by atoms with Gasteiger partial charge in [-0.1, -0.05) is 59.7 Å². The van der Waals surface area contributed by atoms with Gasteiger partial charge in [-0.05, 0) is 64.7 Å². The number of benzene rings is 4. The molecule has 12 heteroatoms. The highest BCUT2D eigenvalue weighted by atomic mass is 19.1. The number of hydrogen-bond donors (Lipinski definition) is 3. The summed E-state index contributed by atoms with van der Waals surface area (Å²) in [4.78, 5) is 22.2. The summed E-state index contributed by atoms with van der Waals surface area (Å²) in [7, 11) is 0. The summed E-state index contributed by atoms with van der Waals surface area (Å²) >= 11 is 0. The molecule has 5 rings (SSSR count). The van der Waals surface area contributed by atoms with Gasteiger partial charge in [0.05, 0.1) is 13.2 Å². The molecule has 0 bridgehead atoms. The van der Waals surface area contributed by atoms with Crippen molar-refractivity contribution in [2.24, 2.45) is 10.1 Å². The zero-order valence-electron chi connectivity index (χ0n) is 24.8. The van der Waals surface area contributed by atoms with E-state index in [0.29, 0.717) is 35.5 Å². The van der Waals surface area contributed by atoms with Crippen LogP contribution in [-0.2, 0) is 29.0 Å². The summed E-state index contributed by atoms with van der Waals surface area (Å²) in [6.45, 7) is 0.193.